The molecule has 0 aromatic carbocycles. The third-order valence-electron chi connectivity index (χ3n) is 6.94. The van der Waals surface area contributed by atoms with Crippen molar-refractivity contribution in [1.82, 2.24) is 34.3 Å². The molecular weight excluding hydrogens is 455 g/mol. The van der Waals surface area contributed by atoms with Crippen LogP contribution in [0.15, 0.2) is 30.7 Å². The Labute approximate surface area is 203 Å². The number of piperidine rings is 2. The van der Waals surface area contributed by atoms with E-state index >= 15 is 4.39 Å². The number of likely N-dealkylation sites (tertiary alicyclic amines) is 2. The maximum Gasteiger partial charge on any atom is 0.260 e. The second kappa shape index (κ2) is 9.46. The molecule has 2 aliphatic rings. The molecule has 180 valence electrons. The number of aromatic nitrogens is 5. The van der Waals surface area contributed by atoms with E-state index in [0.29, 0.717) is 38.5 Å². The Morgan fingerprint density at radius 1 is 1.15 bits per heavy atom. The SMILES string of the molecule is Nc1ncc(CN2CCC(F)(C(=O)N3CCC(n4c(CS)nc5cccnc54)CC3)CC2)cn1. The molecule has 5 heterocycles. The highest BCUT2D eigenvalue weighted by atomic mass is 32.1. The molecular formula is C23H29FN8OS. The van der Waals surface area contributed by atoms with E-state index in [-0.39, 0.29) is 30.7 Å². The first kappa shape index (κ1) is 23.0. The molecule has 2 aliphatic heterocycles. The Morgan fingerprint density at radius 2 is 1.85 bits per heavy atom. The van der Waals surface area contributed by atoms with Gasteiger partial charge in [-0.05, 0) is 25.0 Å². The molecule has 3 aromatic heterocycles. The van der Waals surface area contributed by atoms with Crippen molar-refractivity contribution >= 4 is 35.6 Å². The lowest BCUT2D eigenvalue weighted by molar-refractivity contribution is -0.148. The van der Waals surface area contributed by atoms with Gasteiger partial charge in [-0.1, -0.05) is 0 Å². The zero-order valence-corrected chi connectivity index (χ0v) is 19.9. The van der Waals surface area contributed by atoms with E-state index in [2.05, 4.69) is 42.0 Å². The van der Waals surface area contributed by atoms with Gasteiger partial charge >= 0.3 is 0 Å². The molecule has 0 radical (unpaired) electrons. The van der Waals surface area contributed by atoms with Gasteiger partial charge in [0.1, 0.15) is 11.3 Å². The normalized spacial score (nSPS) is 19.5. The van der Waals surface area contributed by atoms with Crippen LogP contribution < -0.4 is 5.73 Å². The first-order chi connectivity index (χ1) is 16.5. The number of halogens is 1. The summed E-state index contributed by atoms with van der Waals surface area (Å²) in [6, 6.07) is 3.99. The fourth-order valence-corrected chi connectivity index (χ4v) is 5.29. The molecule has 2 fully saturated rings. The lowest BCUT2D eigenvalue weighted by Gasteiger charge is -2.40. The third kappa shape index (κ3) is 4.46. The van der Waals surface area contributed by atoms with E-state index in [4.69, 9.17) is 5.73 Å². The van der Waals surface area contributed by atoms with Gasteiger partial charge in [-0.3, -0.25) is 9.69 Å². The molecule has 34 heavy (non-hydrogen) atoms. The monoisotopic (exact) mass is 484 g/mol. The van der Waals surface area contributed by atoms with Gasteiger partial charge in [0.25, 0.3) is 5.91 Å². The van der Waals surface area contributed by atoms with E-state index < -0.39 is 5.67 Å². The van der Waals surface area contributed by atoms with Crippen LogP contribution >= 0.6 is 12.6 Å². The Balaban J connectivity index is 1.19. The topological polar surface area (TPSA) is 106 Å². The summed E-state index contributed by atoms with van der Waals surface area (Å²) >= 11 is 4.44. The number of rotatable bonds is 5. The second-order valence-corrected chi connectivity index (χ2v) is 9.43. The average molecular weight is 485 g/mol. The molecule has 0 aliphatic carbocycles. The standard InChI is InChI=1S/C23H29FN8OS/c24-23(5-10-30(11-6-23)14-16-12-27-22(25)28-13-16)21(33)31-8-3-17(4-9-31)32-19(15-34)29-18-2-1-7-26-20(18)32/h1-2,7,12-13,17,34H,3-6,8-11,14-15H2,(H2,25,27,28). The van der Waals surface area contributed by atoms with Crippen molar-refractivity contribution < 1.29 is 9.18 Å². The third-order valence-corrected chi connectivity index (χ3v) is 7.23. The molecule has 0 bridgehead atoms. The minimum Gasteiger partial charge on any atom is -0.368 e. The summed E-state index contributed by atoms with van der Waals surface area (Å²) in [5.74, 6) is 1.26. The Kier molecular flexibility index (Phi) is 6.39. The molecule has 0 saturated carbocycles. The zero-order valence-electron chi connectivity index (χ0n) is 19.0. The number of carbonyl (C=O) groups is 1. The van der Waals surface area contributed by atoms with Crippen molar-refractivity contribution in [2.24, 2.45) is 0 Å². The number of hydrogen-bond acceptors (Lipinski definition) is 8. The van der Waals surface area contributed by atoms with Gasteiger partial charge in [0.2, 0.25) is 5.95 Å². The van der Waals surface area contributed by atoms with Crippen molar-refractivity contribution in [1.29, 1.82) is 0 Å². The molecule has 0 unspecified atom stereocenters. The summed E-state index contributed by atoms with van der Waals surface area (Å²) in [5, 5.41) is 0. The molecule has 5 rings (SSSR count). The molecule has 1 amide bonds. The number of fused-ring (bicyclic) bond motifs is 1. The van der Waals surface area contributed by atoms with Crippen LogP contribution in [0.1, 0.15) is 43.1 Å². The van der Waals surface area contributed by atoms with Gasteiger partial charge in [0.05, 0.1) is 0 Å². The molecule has 0 spiro atoms. The lowest BCUT2D eigenvalue weighted by atomic mass is 9.90. The van der Waals surface area contributed by atoms with Crippen LogP contribution in [0.3, 0.4) is 0 Å². The van der Waals surface area contributed by atoms with Crippen LogP contribution in [0, 0.1) is 0 Å². The van der Waals surface area contributed by atoms with Gasteiger partial charge in [-0.25, -0.2) is 24.3 Å². The summed E-state index contributed by atoms with van der Waals surface area (Å²) in [4.78, 5) is 34.2. The number of amides is 1. The van der Waals surface area contributed by atoms with Gasteiger partial charge < -0.3 is 15.2 Å². The molecule has 9 nitrogen and oxygen atoms in total. The predicted molar refractivity (Wildman–Crippen MR) is 130 cm³/mol. The highest BCUT2D eigenvalue weighted by molar-refractivity contribution is 7.79. The maximum absolute atomic E-state index is 15.7. The van der Waals surface area contributed by atoms with Crippen LogP contribution in [-0.4, -0.2) is 72.1 Å². The fourth-order valence-electron chi connectivity index (χ4n) is 5.07. The smallest absolute Gasteiger partial charge is 0.260 e. The number of carbonyl (C=O) groups excluding carboxylic acids is 1. The molecule has 0 atom stereocenters. The first-order valence-corrected chi connectivity index (χ1v) is 12.3. The zero-order chi connectivity index (χ0) is 23.7. The number of nitrogens with zero attached hydrogens (tertiary/aromatic N) is 7. The number of nitrogen functional groups attached to an aromatic ring is 1. The predicted octanol–water partition coefficient (Wildman–Crippen LogP) is 2.40. The van der Waals surface area contributed by atoms with E-state index in [0.717, 1.165) is 35.4 Å². The molecule has 2 saturated heterocycles. The van der Waals surface area contributed by atoms with Crippen LogP contribution in [0.4, 0.5) is 10.3 Å². The van der Waals surface area contributed by atoms with Crippen LogP contribution in [-0.2, 0) is 17.1 Å². The quantitative estimate of drug-likeness (QED) is 0.536. The van der Waals surface area contributed by atoms with Crippen molar-refractivity contribution in [2.45, 2.75) is 49.7 Å². The van der Waals surface area contributed by atoms with Crippen LogP contribution in [0.2, 0.25) is 0 Å². The summed E-state index contributed by atoms with van der Waals surface area (Å²) in [7, 11) is 0. The summed E-state index contributed by atoms with van der Waals surface area (Å²) in [6.45, 7) is 2.71. The van der Waals surface area contributed by atoms with Gasteiger partial charge in [0, 0.05) is 81.5 Å². The highest BCUT2D eigenvalue weighted by Gasteiger charge is 2.45. The summed E-state index contributed by atoms with van der Waals surface area (Å²) in [6.07, 6.45) is 7.02. The average Bonchev–Trinajstić information content (AvgIpc) is 3.25. The van der Waals surface area contributed by atoms with E-state index in [9.17, 15) is 4.79 Å². The van der Waals surface area contributed by atoms with E-state index in [1.165, 1.54) is 0 Å². The number of anilines is 1. The van der Waals surface area contributed by atoms with Crippen molar-refractivity contribution in [3.8, 4) is 0 Å². The van der Waals surface area contributed by atoms with Crippen LogP contribution in [0.5, 0.6) is 0 Å². The minimum atomic E-state index is -1.81. The van der Waals surface area contributed by atoms with Crippen molar-refractivity contribution in [3.63, 3.8) is 0 Å². The minimum absolute atomic E-state index is 0.172. The Bertz CT molecular complexity index is 1150. The van der Waals surface area contributed by atoms with Crippen molar-refractivity contribution in [2.75, 3.05) is 31.9 Å². The van der Waals surface area contributed by atoms with Crippen molar-refractivity contribution in [3.05, 3.63) is 42.1 Å². The lowest BCUT2D eigenvalue weighted by Crippen LogP contribution is -2.54. The number of nitrogens with two attached hydrogens (primary N) is 1. The molecule has 11 heteroatoms. The van der Waals surface area contributed by atoms with Gasteiger partial charge in [0.15, 0.2) is 11.3 Å². The van der Waals surface area contributed by atoms with E-state index in [1.54, 1.807) is 23.5 Å². The largest absolute Gasteiger partial charge is 0.368 e. The molecule has 3 aromatic rings. The first-order valence-electron chi connectivity index (χ1n) is 11.7. The second-order valence-electron chi connectivity index (χ2n) is 9.12. The highest BCUT2D eigenvalue weighted by Crippen LogP contribution is 2.33. The number of pyridine rings is 1. The summed E-state index contributed by atoms with van der Waals surface area (Å²) < 4.78 is 17.9. The maximum atomic E-state index is 15.7. The Hall–Kier alpha value is -2.79. The van der Waals surface area contributed by atoms with Crippen LogP contribution in [0.25, 0.3) is 11.2 Å². The number of hydrogen-bond donors (Lipinski definition) is 2. The number of imidazole rings is 1. The van der Waals surface area contributed by atoms with Gasteiger partial charge in [-0.15, -0.1) is 0 Å². The number of thiol groups is 1. The Morgan fingerprint density at radius 3 is 2.53 bits per heavy atom. The van der Waals surface area contributed by atoms with Gasteiger partial charge in [-0.2, -0.15) is 12.6 Å². The molecule has 2 N–H and O–H groups in total. The fraction of sp³-hybridized carbons (Fsp3) is 0.522. The summed E-state index contributed by atoms with van der Waals surface area (Å²) in [5.41, 5.74) is 6.35. The number of alkyl halides is 1. The van der Waals surface area contributed by atoms with E-state index in [1.807, 2.05) is 12.1 Å².